The van der Waals surface area contributed by atoms with Crippen LogP contribution in [0.2, 0.25) is 0 Å². The summed E-state index contributed by atoms with van der Waals surface area (Å²) in [6.45, 7) is 6.95. The lowest BCUT2D eigenvalue weighted by Gasteiger charge is -2.33. The maximum Gasteiger partial charge on any atom is 0.0677 e. The van der Waals surface area contributed by atoms with E-state index in [1.165, 1.54) is 19.3 Å². The molecular weight excluding hydrogens is 212 g/mol. The molecule has 0 aromatic carbocycles. The molecule has 17 heavy (non-hydrogen) atoms. The van der Waals surface area contributed by atoms with Crippen LogP contribution in [0.1, 0.15) is 50.9 Å². The normalized spacial score (nSPS) is 20.0. The van der Waals surface area contributed by atoms with Crippen LogP contribution in [0.15, 0.2) is 6.07 Å². The maximum atomic E-state index is 10.5. The summed E-state index contributed by atoms with van der Waals surface area (Å²) in [5.74, 6) is 0.740. The molecular formula is C14H24N2O. The van der Waals surface area contributed by atoms with Crippen LogP contribution in [-0.4, -0.2) is 20.5 Å². The Morgan fingerprint density at radius 2 is 2.24 bits per heavy atom. The van der Waals surface area contributed by atoms with E-state index in [9.17, 15) is 5.11 Å². The Bertz CT molecular complexity index is 378. The summed E-state index contributed by atoms with van der Waals surface area (Å²) in [6.07, 6.45) is 5.58. The molecule has 1 aromatic rings. The summed E-state index contributed by atoms with van der Waals surface area (Å²) in [4.78, 5) is 0. The standard InChI is InChI=1S/C14H24N2O/c1-4-16-13(8-11(2)15-16)10-14(3,17)9-12-6-5-7-12/h8,12,17H,4-7,9-10H2,1-3H3. The number of aliphatic hydroxyl groups is 1. The van der Waals surface area contributed by atoms with Gasteiger partial charge in [-0.15, -0.1) is 0 Å². The topological polar surface area (TPSA) is 38.0 Å². The van der Waals surface area contributed by atoms with Gasteiger partial charge in [-0.05, 0) is 39.2 Å². The monoisotopic (exact) mass is 236 g/mol. The van der Waals surface area contributed by atoms with Crippen LogP contribution >= 0.6 is 0 Å². The molecule has 2 rings (SSSR count). The van der Waals surface area contributed by atoms with Gasteiger partial charge < -0.3 is 5.11 Å². The quantitative estimate of drug-likeness (QED) is 0.853. The fourth-order valence-electron chi connectivity index (χ4n) is 2.80. The number of aryl methyl sites for hydroxylation is 2. The predicted molar refractivity (Wildman–Crippen MR) is 68.9 cm³/mol. The van der Waals surface area contributed by atoms with Crippen molar-refractivity contribution in [2.75, 3.05) is 0 Å². The first-order valence-corrected chi connectivity index (χ1v) is 6.76. The number of hydrogen-bond donors (Lipinski definition) is 1. The van der Waals surface area contributed by atoms with Crippen LogP contribution in [0.25, 0.3) is 0 Å². The third-order valence-electron chi connectivity index (χ3n) is 3.80. The van der Waals surface area contributed by atoms with Crippen molar-refractivity contribution in [3.05, 3.63) is 17.5 Å². The second-order valence-electron chi connectivity index (χ2n) is 5.77. The number of hydrogen-bond acceptors (Lipinski definition) is 2. The van der Waals surface area contributed by atoms with Crippen molar-refractivity contribution in [1.82, 2.24) is 9.78 Å². The first-order valence-electron chi connectivity index (χ1n) is 6.76. The van der Waals surface area contributed by atoms with Gasteiger partial charge in [-0.25, -0.2) is 0 Å². The molecule has 1 N–H and O–H groups in total. The van der Waals surface area contributed by atoms with Crippen molar-refractivity contribution < 1.29 is 5.11 Å². The zero-order chi connectivity index (χ0) is 12.5. The molecule has 0 amide bonds. The van der Waals surface area contributed by atoms with E-state index in [2.05, 4.69) is 18.1 Å². The molecule has 0 radical (unpaired) electrons. The molecule has 0 aliphatic heterocycles. The lowest BCUT2D eigenvalue weighted by molar-refractivity contribution is 0.0187. The molecule has 1 aromatic heterocycles. The minimum Gasteiger partial charge on any atom is -0.390 e. The maximum absolute atomic E-state index is 10.5. The van der Waals surface area contributed by atoms with Crippen LogP contribution in [0.4, 0.5) is 0 Å². The molecule has 1 atom stereocenters. The van der Waals surface area contributed by atoms with Crippen molar-refractivity contribution in [1.29, 1.82) is 0 Å². The van der Waals surface area contributed by atoms with Crippen LogP contribution < -0.4 is 0 Å². The van der Waals surface area contributed by atoms with Gasteiger partial charge >= 0.3 is 0 Å². The van der Waals surface area contributed by atoms with E-state index in [1.54, 1.807) is 0 Å². The summed E-state index contributed by atoms with van der Waals surface area (Å²) in [6, 6.07) is 2.10. The van der Waals surface area contributed by atoms with Crippen molar-refractivity contribution in [2.24, 2.45) is 5.92 Å². The number of nitrogens with zero attached hydrogens (tertiary/aromatic N) is 2. The van der Waals surface area contributed by atoms with Crippen molar-refractivity contribution in [3.63, 3.8) is 0 Å². The highest BCUT2D eigenvalue weighted by molar-refractivity contribution is 5.11. The minimum atomic E-state index is -0.579. The Kier molecular flexibility index (Phi) is 3.57. The molecule has 1 aliphatic carbocycles. The lowest BCUT2D eigenvalue weighted by Crippen LogP contribution is -2.33. The first kappa shape index (κ1) is 12.6. The van der Waals surface area contributed by atoms with E-state index in [4.69, 9.17) is 0 Å². The summed E-state index contributed by atoms with van der Waals surface area (Å²) >= 11 is 0. The van der Waals surface area contributed by atoms with Gasteiger partial charge in [0, 0.05) is 18.7 Å². The molecule has 0 saturated heterocycles. The van der Waals surface area contributed by atoms with Gasteiger partial charge in [0.25, 0.3) is 0 Å². The van der Waals surface area contributed by atoms with Crippen molar-refractivity contribution in [2.45, 2.75) is 65.0 Å². The summed E-state index contributed by atoms with van der Waals surface area (Å²) < 4.78 is 2.00. The van der Waals surface area contributed by atoms with Gasteiger partial charge in [0.1, 0.15) is 0 Å². The smallest absolute Gasteiger partial charge is 0.0677 e. The Labute approximate surface area is 104 Å². The molecule has 3 nitrogen and oxygen atoms in total. The summed E-state index contributed by atoms with van der Waals surface area (Å²) in [7, 11) is 0. The second-order valence-corrected chi connectivity index (χ2v) is 5.77. The van der Waals surface area contributed by atoms with Gasteiger partial charge in [-0.3, -0.25) is 4.68 Å². The highest BCUT2D eigenvalue weighted by Gasteiger charge is 2.30. The van der Waals surface area contributed by atoms with Gasteiger partial charge in [-0.2, -0.15) is 5.10 Å². The SMILES string of the molecule is CCn1nc(C)cc1CC(C)(O)CC1CCC1. The number of aromatic nitrogens is 2. The Balaban J connectivity index is 2.01. The second kappa shape index (κ2) is 4.81. The van der Waals surface area contributed by atoms with E-state index < -0.39 is 5.60 Å². The van der Waals surface area contributed by atoms with Crippen LogP contribution in [0.3, 0.4) is 0 Å². The van der Waals surface area contributed by atoms with E-state index in [0.29, 0.717) is 0 Å². The van der Waals surface area contributed by atoms with Gasteiger partial charge in [0.05, 0.1) is 11.3 Å². The highest BCUT2D eigenvalue weighted by Crippen LogP contribution is 2.34. The zero-order valence-corrected chi connectivity index (χ0v) is 11.2. The van der Waals surface area contributed by atoms with Gasteiger partial charge in [-0.1, -0.05) is 19.3 Å². The van der Waals surface area contributed by atoms with Gasteiger partial charge in [0.15, 0.2) is 0 Å². The van der Waals surface area contributed by atoms with Gasteiger partial charge in [0.2, 0.25) is 0 Å². The fourth-order valence-corrected chi connectivity index (χ4v) is 2.80. The summed E-state index contributed by atoms with van der Waals surface area (Å²) in [5, 5.41) is 14.9. The Morgan fingerprint density at radius 3 is 2.76 bits per heavy atom. The highest BCUT2D eigenvalue weighted by atomic mass is 16.3. The van der Waals surface area contributed by atoms with Crippen LogP contribution in [0.5, 0.6) is 0 Å². The molecule has 0 bridgehead atoms. The Morgan fingerprint density at radius 1 is 1.53 bits per heavy atom. The van der Waals surface area contributed by atoms with Crippen molar-refractivity contribution >= 4 is 0 Å². The van der Waals surface area contributed by atoms with E-state index in [1.807, 2.05) is 18.5 Å². The molecule has 0 spiro atoms. The lowest BCUT2D eigenvalue weighted by atomic mass is 9.76. The third kappa shape index (κ3) is 3.09. The molecule has 1 unspecified atom stereocenters. The number of rotatable bonds is 5. The van der Waals surface area contributed by atoms with E-state index >= 15 is 0 Å². The van der Waals surface area contributed by atoms with E-state index in [-0.39, 0.29) is 0 Å². The molecule has 1 heterocycles. The molecule has 1 aliphatic rings. The first-order chi connectivity index (χ1) is 8.00. The average Bonchev–Trinajstić information content (AvgIpc) is 2.52. The third-order valence-corrected chi connectivity index (χ3v) is 3.80. The fraction of sp³-hybridized carbons (Fsp3) is 0.786. The largest absolute Gasteiger partial charge is 0.390 e. The zero-order valence-electron chi connectivity index (χ0n) is 11.2. The van der Waals surface area contributed by atoms with Crippen LogP contribution in [0, 0.1) is 12.8 Å². The van der Waals surface area contributed by atoms with Crippen molar-refractivity contribution in [3.8, 4) is 0 Å². The molecule has 1 saturated carbocycles. The van der Waals surface area contributed by atoms with Crippen LogP contribution in [-0.2, 0) is 13.0 Å². The predicted octanol–water partition coefficient (Wildman–Crippen LogP) is 2.70. The minimum absolute atomic E-state index is 0.579. The van der Waals surface area contributed by atoms with E-state index in [0.717, 1.165) is 36.7 Å². The average molecular weight is 236 g/mol. The summed E-state index contributed by atoms with van der Waals surface area (Å²) in [5.41, 5.74) is 1.63. The Hall–Kier alpha value is -0.830. The molecule has 1 fully saturated rings. The molecule has 96 valence electrons. The molecule has 3 heteroatoms.